The van der Waals surface area contributed by atoms with Crippen molar-refractivity contribution < 1.29 is 15.0 Å². The zero-order chi connectivity index (χ0) is 13.1. The Morgan fingerprint density at radius 3 is 2.12 bits per heavy atom. The molecule has 4 nitrogen and oxygen atoms in total. The lowest BCUT2D eigenvalue weighted by atomic mass is 9.95. The Morgan fingerprint density at radius 1 is 1.24 bits per heavy atom. The molecule has 1 rings (SSSR count). The van der Waals surface area contributed by atoms with Crippen LogP contribution in [0.2, 0.25) is 0 Å². The first kappa shape index (κ1) is 13.4. The number of amides is 1. The van der Waals surface area contributed by atoms with E-state index in [4.69, 9.17) is 0 Å². The van der Waals surface area contributed by atoms with Crippen LogP contribution in [-0.2, 0) is 0 Å². The molecule has 0 aliphatic carbocycles. The smallest absolute Gasteiger partial charge is 0.259 e. The quantitative estimate of drug-likeness (QED) is 0.753. The molecule has 0 bridgehead atoms. The Labute approximate surface area is 101 Å². The zero-order valence-corrected chi connectivity index (χ0v) is 10.4. The van der Waals surface area contributed by atoms with Crippen molar-refractivity contribution in [1.29, 1.82) is 0 Å². The Hall–Kier alpha value is -1.71. The molecule has 0 spiro atoms. The van der Waals surface area contributed by atoms with E-state index in [1.165, 1.54) is 18.2 Å². The molecule has 0 aliphatic rings. The summed E-state index contributed by atoms with van der Waals surface area (Å²) in [6.45, 7) is 5.89. The molecule has 17 heavy (non-hydrogen) atoms. The number of nitrogens with one attached hydrogen (secondary N) is 1. The van der Waals surface area contributed by atoms with Crippen molar-refractivity contribution >= 4 is 5.91 Å². The fraction of sp³-hybridized carbons (Fsp3) is 0.462. The molecule has 0 fully saturated rings. The molecule has 0 saturated heterocycles. The van der Waals surface area contributed by atoms with Crippen LogP contribution in [-0.4, -0.2) is 21.7 Å². The van der Waals surface area contributed by atoms with Crippen molar-refractivity contribution in [2.24, 2.45) is 0 Å². The van der Waals surface area contributed by atoms with E-state index < -0.39 is 5.91 Å². The molecule has 0 atom stereocenters. The molecule has 0 saturated carbocycles. The number of hydrogen-bond donors (Lipinski definition) is 3. The fourth-order valence-electron chi connectivity index (χ4n) is 1.52. The van der Waals surface area contributed by atoms with E-state index in [0.717, 1.165) is 12.8 Å². The lowest BCUT2D eigenvalue weighted by Crippen LogP contribution is -2.44. The average molecular weight is 237 g/mol. The van der Waals surface area contributed by atoms with Gasteiger partial charge >= 0.3 is 0 Å². The van der Waals surface area contributed by atoms with Gasteiger partial charge < -0.3 is 15.5 Å². The van der Waals surface area contributed by atoms with Crippen LogP contribution in [0.5, 0.6) is 11.5 Å². The van der Waals surface area contributed by atoms with Gasteiger partial charge in [0, 0.05) is 5.54 Å². The monoisotopic (exact) mass is 237 g/mol. The molecule has 0 aromatic heterocycles. The summed E-state index contributed by atoms with van der Waals surface area (Å²) in [5, 5.41) is 22.0. The minimum atomic E-state index is -0.452. The molecular formula is C13H19NO3. The van der Waals surface area contributed by atoms with Gasteiger partial charge in [-0.2, -0.15) is 0 Å². The van der Waals surface area contributed by atoms with E-state index in [2.05, 4.69) is 5.32 Å². The van der Waals surface area contributed by atoms with E-state index in [9.17, 15) is 15.0 Å². The van der Waals surface area contributed by atoms with E-state index in [0.29, 0.717) is 0 Å². The summed E-state index contributed by atoms with van der Waals surface area (Å²) in [4.78, 5) is 12.0. The molecule has 1 amide bonds. The van der Waals surface area contributed by atoms with Crippen molar-refractivity contribution in [3.05, 3.63) is 23.8 Å². The van der Waals surface area contributed by atoms with Gasteiger partial charge in [0.1, 0.15) is 17.1 Å². The van der Waals surface area contributed by atoms with Gasteiger partial charge in [0.15, 0.2) is 0 Å². The van der Waals surface area contributed by atoms with Crippen LogP contribution >= 0.6 is 0 Å². The number of carbonyl (C=O) groups is 1. The van der Waals surface area contributed by atoms with Gasteiger partial charge in [0.25, 0.3) is 5.91 Å². The predicted octanol–water partition coefficient (Wildman–Crippen LogP) is 2.41. The Morgan fingerprint density at radius 2 is 1.71 bits per heavy atom. The maximum absolute atomic E-state index is 12.0. The second kappa shape index (κ2) is 5.08. The molecule has 1 aromatic rings. The van der Waals surface area contributed by atoms with Crippen LogP contribution < -0.4 is 5.32 Å². The summed E-state index contributed by atoms with van der Waals surface area (Å²) in [5.74, 6) is -0.874. The summed E-state index contributed by atoms with van der Waals surface area (Å²) in [6.07, 6.45) is 1.56. The average Bonchev–Trinajstić information content (AvgIpc) is 2.28. The molecule has 0 heterocycles. The number of benzene rings is 1. The first-order valence-corrected chi connectivity index (χ1v) is 5.77. The molecular weight excluding hydrogens is 218 g/mol. The minimum Gasteiger partial charge on any atom is -0.507 e. The molecule has 0 unspecified atom stereocenters. The van der Waals surface area contributed by atoms with Crippen LogP contribution in [0.1, 0.15) is 44.0 Å². The maximum atomic E-state index is 12.0. The van der Waals surface area contributed by atoms with Crippen molar-refractivity contribution in [1.82, 2.24) is 5.32 Å². The number of aromatic hydroxyl groups is 2. The van der Waals surface area contributed by atoms with Gasteiger partial charge in [0.2, 0.25) is 0 Å². The van der Waals surface area contributed by atoms with E-state index in [1.807, 2.05) is 20.8 Å². The summed E-state index contributed by atoms with van der Waals surface area (Å²) >= 11 is 0. The Balaban J connectivity index is 2.98. The summed E-state index contributed by atoms with van der Waals surface area (Å²) in [5.41, 5.74) is -0.396. The highest BCUT2D eigenvalue weighted by molar-refractivity contribution is 5.99. The van der Waals surface area contributed by atoms with E-state index in [1.54, 1.807) is 0 Å². The SMILES string of the molecule is CCC(C)(CC)NC(=O)c1c(O)cccc1O. The van der Waals surface area contributed by atoms with Crippen molar-refractivity contribution in [2.75, 3.05) is 0 Å². The second-order valence-electron chi connectivity index (χ2n) is 4.39. The normalized spacial score (nSPS) is 11.2. The second-order valence-corrected chi connectivity index (χ2v) is 4.39. The van der Waals surface area contributed by atoms with Gasteiger partial charge in [-0.1, -0.05) is 19.9 Å². The van der Waals surface area contributed by atoms with E-state index in [-0.39, 0.29) is 22.6 Å². The summed E-state index contributed by atoms with van der Waals surface area (Å²) in [7, 11) is 0. The highest BCUT2D eigenvalue weighted by Crippen LogP contribution is 2.27. The third-order valence-corrected chi connectivity index (χ3v) is 3.22. The lowest BCUT2D eigenvalue weighted by Gasteiger charge is -2.28. The number of hydrogen-bond acceptors (Lipinski definition) is 3. The Kier molecular flexibility index (Phi) is 3.99. The third-order valence-electron chi connectivity index (χ3n) is 3.22. The van der Waals surface area contributed by atoms with Crippen molar-refractivity contribution in [2.45, 2.75) is 39.2 Å². The molecule has 0 aliphatic heterocycles. The van der Waals surface area contributed by atoms with E-state index >= 15 is 0 Å². The minimum absolute atomic E-state index is 0.0689. The van der Waals surface area contributed by atoms with Crippen molar-refractivity contribution in [3.8, 4) is 11.5 Å². The van der Waals surface area contributed by atoms with Crippen LogP contribution in [0.4, 0.5) is 0 Å². The van der Waals surface area contributed by atoms with Crippen LogP contribution in [0.15, 0.2) is 18.2 Å². The van der Waals surface area contributed by atoms with Crippen LogP contribution in [0, 0.1) is 0 Å². The van der Waals surface area contributed by atoms with Crippen LogP contribution in [0.25, 0.3) is 0 Å². The highest BCUT2D eigenvalue weighted by atomic mass is 16.3. The Bertz CT molecular complexity index is 391. The lowest BCUT2D eigenvalue weighted by molar-refractivity contribution is 0.0895. The third kappa shape index (κ3) is 2.90. The predicted molar refractivity (Wildman–Crippen MR) is 66.2 cm³/mol. The van der Waals surface area contributed by atoms with Gasteiger partial charge in [-0.05, 0) is 31.9 Å². The fourth-order valence-corrected chi connectivity index (χ4v) is 1.52. The van der Waals surface area contributed by atoms with Crippen molar-refractivity contribution in [3.63, 3.8) is 0 Å². The number of rotatable bonds is 4. The number of phenolic OH excluding ortho intramolecular Hbond substituents is 2. The van der Waals surface area contributed by atoms with Crippen LogP contribution in [0.3, 0.4) is 0 Å². The number of carbonyl (C=O) groups excluding carboxylic acids is 1. The van der Waals surface area contributed by atoms with Gasteiger partial charge in [-0.3, -0.25) is 4.79 Å². The topological polar surface area (TPSA) is 69.6 Å². The van der Waals surface area contributed by atoms with Gasteiger partial charge in [0.05, 0.1) is 0 Å². The first-order chi connectivity index (χ1) is 7.93. The van der Waals surface area contributed by atoms with Gasteiger partial charge in [-0.15, -0.1) is 0 Å². The molecule has 0 radical (unpaired) electrons. The molecule has 4 heteroatoms. The zero-order valence-electron chi connectivity index (χ0n) is 10.4. The standard InChI is InChI=1S/C13H19NO3/c1-4-13(3,5-2)14-12(17)11-9(15)7-6-8-10(11)16/h6-8,15-16H,4-5H2,1-3H3,(H,14,17). The highest BCUT2D eigenvalue weighted by Gasteiger charge is 2.25. The maximum Gasteiger partial charge on any atom is 0.259 e. The largest absolute Gasteiger partial charge is 0.507 e. The molecule has 94 valence electrons. The first-order valence-electron chi connectivity index (χ1n) is 5.77. The van der Waals surface area contributed by atoms with Gasteiger partial charge in [-0.25, -0.2) is 0 Å². The number of phenols is 2. The summed E-state index contributed by atoms with van der Waals surface area (Å²) < 4.78 is 0. The molecule has 3 N–H and O–H groups in total. The summed E-state index contributed by atoms with van der Waals surface area (Å²) in [6, 6.07) is 4.24. The molecule has 1 aromatic carbocycles.